The molecule has 0 bridgehead atoms. The Morgan fingerprint density at radius 3 is 2.77 bits per heavy atom. The number of nitrogens with one attached hydrogen (secondary N) is 1. The monoisotopic (exact) mass is 298 g/mol. The number of carbonyl (C=O) groups is 1. The average Bonchev–Trinajstić information content (AvgIpc) is 3.07. The summed E-state index contributed by atoms with van der Waals surface area (Å²) in [6.45, 7) is 1.27. The van der Waals surface area contributed by atoms with E-state index in [0.717, 1.165) is 25.1 Å². The van der Waals surface area contributed by atoms with Crippen LogP contribution < -0.4 is 10.9 Å². The molecule has 1 fully saturated rings. The predicted octanol–water partition coefficient (Wildman–Crippen LogP) is 1.75. The Kier molecular flexibility index (Phi) is 4.34. The van der Waals surface area contributed by atoms with E-state index in [1.54, 1.807) is 12.3 Å². The first-order valence-corrected chi connectivity index (χ1v) is 7.42. The van der Waals surface area contributed by atoms with E-state index >= 15 is 0 Å². The van der Waals surface area contributed by atoms with Gasteiger partial charge in [-0.1, -0.05) is 18.2 Å². The van der Waals surface area contributed by atoms with E-state index in [4.69, 9.17) is 4.74 Å². The Morgan fingerprint density at radius 2 is 2.05 bits per heavy atom. The van der Waals surface area contributed by atoms with Gasteiger partial charge in [-0.15, -0.1) is 0 Å². The summed E-state index contributed by atoms with van der Waals surface area (Å²) in [5.74, 6) is -0.194. The number of aromatic nitrogens is 1. The Hall–Kier alpha value is -2.40. The van der Waals surface area contributed by atoms with Crippen LogP contribution in [0.3, 0.4) is 0 Å². The molecule has 1 atom stereocenters. The van der Waals surface area contributed by atoms with Gasteiger partial charge in [0.15, 0.2) is 0 Å². The zero-order valence-electron chi connectivity index (χ0n) is 12.2. The number of nitrogens with zero attached hydrogens (tertiary/aromatic N) is 1. The summed E-state index contributed by atoms with van der Waals surface area (Å²) in [6, 6.07) is 12.2. The molecular weight excluding hydrogens is 280 g/mol. The van der Waals surface area contributed by atoms with Gasteiger partial charge >= 0.3 is 0 Å². The van der Waals surface area contributed by atoms with Crippen LogP contribution in [0, 0.1) is 0 Å². The minimum Gasteiger partial charge on any atom is -0.376 e. The van der Waals surface area contributed by atoms with Gasteiger partial charge in [0.2, 0.25) is 0 Å². The number of hydrogen-bond donors (Lipinski definition) is 1. The summed E-state index contributed by atoms with van der Waals surface area (Å²) >= 11 is 0. The first-order chi connectivity index (χ1) is 10.7. The average molecular weight is 298 g/mol. The molecule has 1 saturated heterocycles. The van der Waals surface area contributed by atoms with Crippen LogP contribution in [0.1, 0.15) is 23.2 Å². The zero-order valence-corrected chi connectivity index (χ0v) is 12.2. The Labute approximate surface area is 128 Å². The highest BCUT2D eigenvalue weighted by Crippen LogP contribution is 2.11. The lowest BCUT2D eigenvalue weighted by molar-refractivity contribution is 0.0857. The van der Waals surface area contributed by atoms with Gasteiger partial charge in [0, 0.05) is 31.1 Å². The summed E-state index contributed by atoms with van der Waals surface area (Å²) in [5.41, 5.74) is 1.03. The van der Waals surface area contributed by atoms with Gasteiger partial charge in [-0.25, -0.2) is 0 Å². The van der Waals surface area contributed by atoms with Gasteiger partial charge < -0.3 is 10.1 Å². The van der Waals surface area contributed by atoms with Crippen molar-refractivity contribution in [3.8, 4) is 5.69 Å². The van der Waals surface area contributed by atoms with Crippen molar-refractivity contribution in [3.05, 3.63) is 64.6 Å². The van der Waals surface area contributed by atoms with E-state index in [1.165, 1.54) is 10.6 Å². The van der Waals surface area contributed by atoms with Crippen molar-refractivity contribution in [2.45, 2.75) is 18.9 Å². The van der Waals surface area contributed by atoms with Crippen LogP contribution in [-0.2, 0) is 4.74 Å². The van der Waals surface area contributed by atoms with Crippen molar-refractivity contribution in [1.29, 1.82) is 0 Å². The fraction of sp³-hybridized carbons (Fsp3) is 0.294. The third-order valence-electron chi connectivity index (χ3n) is 3.72. The molecular formula is C17H18N2O3. The second kappa shape index (κ2) is 6.58. The van der Waals surface area contributed by atoms with Gasteiger partial charge in [0.05, 0.1) is 11.7 Å². The fourth-order valence-electron chi connectivity index (χ4n) is 2.53. The summed E-state index contributed by atoms with van der Waals surface area (Å²) in [4.78, 5) is 24.2. The summed E-state index contributed by atoms with van der Waals surface area (Å²) in [7, 11) is 0. The molecule has 114 valence electrons. The van der Waals surface area contributed by atoms with Crippen molar-refractivity contribution in [3.63, 3.8) is 0 Å². The molecule has 22 heavy (non-hydrogen) atoms. The summed E-state index contributed by atoms with van der Waals surface area (Å²) in [5, 5.41) is 2.86. The molecule has 1 aromatic carbocycles. The lowest BCUT2D eigenvalue weighted by Gasteiger charge is -2.12. The standard InChI is InChI=1S/C17H18N2O3/c20-16-9-8-13(12-19(16)14-5-2-1-3-6-14)17(21)18-11-15-7-4-10-22-15/h1-3,5-6,8-9,12,15H,4,7,10-11H2,(H,18,21). The van der Waals surface area contributed by atoms with Crippen LogP contribution in [0.4, 0.5) is 0 Å². The van der Waals surface area contributed by atoms with E-state index in [-0.39, 0.29) is 17.6 Å². The molecule has 0 radical (unpaired) electrons. The SMILES string of the molecule is O=C(NCC1CCCO1)c1ccc(=O)n(-c2ccccc2)c1. The highest BCUT2D eigenvalue weighted by atomic mass is 16.5. The molecule has 1 unspecified atom stereocenters. The van der Waals surface area contributed by atoms with Crippen molar-refractivity contribution in [2.24, 2.45) is 0 Å². The predicted molar refractivity (Wildman–Crippen MR) is 83.3 cm³/mol. The Morgan fingerprint density at radius 1 is 1.23 bits per heavy atom. The lowest BCUT2D eigenvalue weighted by Crippen LogP contribution is -2.32. The molecule has 0 spiro atoms. The Balaban J connectivity index is 1.76. The van der Waals surface area contributed by atoms with Crippen LogP contribution in [0.5, 0.6) is 0 Å². The number of hydrogen-bond acceptors (Lipinski definition) is 3. The van der Waals surface area contributed by atoms with Crippen LogP contribution >= 0.6 is 0 Å². The molecule has 1 N–H and O–H groups in total. The quantitative estimate of drug-likeness (QED) is 0.935. The van der Waals surface area contributed by atoms with Gasteiger partial charge in [-0.05, 0) is 31.0 Å². The van der Waals surface area contributed by atoms with E-state index in [1.807, 2.05) is 30.3 Å². The van der Waals surface area contributed by atoms with E-state index < -0.39 is 0 Å². The number of rotatable bonds is 4. The molecule has 1 aliphatic rings. The number of para-hydroxylation sites is 1. The maximum Gasteiger partial charge on any atom is 0.255 e. The summed E-state index contributed by atoms with van der Waals surface area (Å²) < 4.78 is 6.95. The molecule has 1 aliphatic heterocycles. The van der Waals surface area contributed by atoms with Crippen LogP contribution in [0.15, 0.2) is 53.5 Å². The normalized spacial score (nSPS) is 17.4. The van der Waals surface area contributed by atoms with Crippen molar-refractivity contribution in [1.82, 2.24) is 9.88 Å². The van der Waals surface area contributed by atoms with E-state index in [0.29, 0.717) is 12.1 Å². The van der Waals surface area contributed by atoms with Crippen LogP contribution in [0.2, 0.25) is 0 Å². The van der Waals surface area contributed by atoms with Gasteiger partial charge in [-0.3, -0.25) is 14.2 Å². The number of ether oxygens (including phenoxy) is 1. The molecule has 0 aliphatic carbocycles. The van der Waals surface area contributed by atoms with Crippen LogP contribution in [0.25, 0.3) is 5.69 Å². The molecule has 1 aromatic heterocycles. The number of benzene rings is 1. The maximum absolute atomic E-state index is 12.2. The zero-order chi connectivity index (χ0) is 15.4. The van der Waals surface area contributed by atoms with E-state index in [9.17, 15) is 9.59 Å². The summed E-state index contributed by atoms with van der Waals surface area (Å²) in [6.07, 6.45) is 3.69. The molecule has 2 heterocycles. The number of amides is 1. The first kappa shape index (κ1) is 14.5. The van der Waals surface area contributed by atoms with E-state index in [2.05, 4.69) is 5.32 Å². The molecule has 5 heteroatoms. The molecule has 2 aromatic rings. The molecule has 3 rings (SSSR count). The highest BCUT2D eigenvalue weighted by Gasteiger charge is 2.17. The smallest absolute Gasteiger partial charge is 0.255 e. The molecule has 5 nitrogen and oxygen atoms in total. The molecule has 0 saturated carbocycles. The van der Waals surface area contributed by atoms with Gasteiger partial charge in [0.25, 0.3) is 11.5 Å². The number of carbonyl (C=O) groups excluding carboxylic acids is 1. The third kappa shape index (κ3) is 3.26. The maximum atomic E-state index is 12.2. The fourth-order valence-corrected chi connectivity index (χ4v) is 2.53. The lowest BCUT2D eigenvalue weighted by atomic mass is 10.2. The molecule has 1 amide bonds. The minimum atomic E-state index is -0.194. The first-order valence-electron chi connectivity index (χ1n) is 7.42. The Bertz CT molecular complexity index is 703. The van der Waals surface area contributed by atoms with Gasteiger partial charge in [-0.2, -0.15) is 0 Å². The highest BCUT2D eigenvalue weighted by molar-refractivity contribution is 5.93. The largest absolute Gasteiger partial charge is 0.376 e. The van der Waals surface area contributed by atoms with Crippen molar-refractivity contribution < 1.29 is 9.53 Å². The van der Waals surface area contributed by atoms with Crippen LogP contribution in [-0.4, -0.2) is 29.7 Å². The van der Waals surface area contributed by atoms with Crippen molar-refractivity contribution in [2.75, 3.05) is 13.2 Å². The number of pyridine rings is 1. The second-order valence-corrected chi connectivity index (χ2v) is 5.31. The van der Waals surface area contributed by atoms with Gasteiger partial charge in [0.1, 0.15) is 0 Å². The third-order valence-corrected chi connectivity index (χ3v) is 3.72. The minimum absolute atomic E-state index is 0.101. The second-order valence-electron chi connectivity index (χ2n) is 5.31. The topological polar surface area (TPSA) is 60.3 Å². The van der Waals surface area contributed by atoms with Crippen molar-refractivity contribution >= 4 is 5.91 Å².